The van der Waals surface area contributed by atoms with Crippen LogP contribution in [0.2, 0.25) is 0 Å². The molecule has 1 aliphatic heterocycles. The van der Waals surface area contributed by atoms with Gasteiger partial charge in [-0.25, -0.2) is 22.0 Å². The molecule has 31 heavy (non-hydrogen) atoms. The monoisotopic (exact) mass is 470 g/mol. The molecule has 6 nitrogen and oxygen atoms in total. The van der Waals surface area contributed by atoms with Crippen LogP contribution < -0.4 is 4.90 Å². The summed E-state index contributed by atoms with van der Waals surface area (Å²) in [5.41, 5.74) is 0.397. The van der Waals surface area contributed by atoms with E-state index in [-0.39, 0.29) is 25.6 Å². The lowest BCUT2D eigenvalue weighted by molar-refractivity contribution is -0.346. The maximum Gasteiger partial charge on any atom is 0.413 e. The third-order valence-corrected chi connectivity index (χ3v) is 6.80. The predicted molar refractivity (Wildman–Crippen MR) is 102 cm³/mol. The third-order valence-electron chi connectivity index (χ3n) is 5.68. The first-order valence-electron chi connectivity index (χ1n) is 9.62. The molecule has 1 saturated carbocycles. The Bertz CT molecular complexity index is 974. The third kappa shape index (κ3) is 4.18. The minimum atomic E-state index is -4.41. The fraction of sp³-hybridized carbons (Fsp3) is 0.632. The van der Waals surface area contributed by atoms with E-state index < -0.39 is 57.1 Å². The van der Waals surface area contributed by atoms with Crippen molar-refractivity contribution >= 4 is 21.6 Å². The van der Waals surface area contributed by atoms with Crippen molar-refractivity contribution in [3.05, 3.63) is 24.0 Å². The highest BCUT2D eigenvalue weighted by Crippen LogP contribution is 2.52. The Balaban J connectivity index is 1.78. The van der Waals surface area contributed by atoms with Crippen LogP contribution in [0.4, 0.5) is 32.4 Å². The highest BCUT2D eigenvalue weighted by molar-refractivity contribution is 7.90. The number of carbonyl (C=O) groups is 1. The van der Waals surface area contributed by atoms with Crippen LogP contribution in [0.15, 0.2) is 23.1 Å². The molecule has 0 N–H and O–H groups in total. The zero-order valence-corrected chi connectivity index (χ0v) is 17.9. The molecule has 1 saturated heterocycles. The molecule has 2 aliphatic rings. The predicted octanol–water partition coefficient (Wildman–Crippen LogP) is 3.56. The normalized spacial score (nSPS) is 28.4. The van der Waals surface area contributed by atoms with Crippen LogP contribution >= 0.6 is 0 Å². The highest BCUT2D eigenvalue weighted by Gasteiger charge is 2.74. The lowest BCUT2D eigenvalue weighted by Gasteiger charge is -2.47. The summed E-state index contributed by atoms with van der Waals surface area (Å²) in [5.74, 6) is -9.21. The van der Waals surface area contributed by atoms with Crippen LogP contribution in [0.1, 0.15) is 20.3 Å². The van der Waals surface area contributed by atoms with Crippen molar-refractivity contribution in [2.24, 2.45) is 5.92 Å². The Morgan fingerprint density at radius 1 is 1.23 bits per heavy atom. The molecule has 174 valence electrons. The largest absolute Gasteiger partial charge is 0.413 e. The number of alkyl halides is 4. The first-order valence-corrected chi connectivity index (χ1v) is 11.5. The van der Waals surface area contributed by atoms with Gasteiger partial charge in [0.15, 0.2) is 16.0 Å². The number of ether oxygens (including phenoxy) is 1. The average Bonchev–Trinajstić information content (AvgIpc) is 2.66. The van der Waals surface area contributed by atoms with E-state index in [1.165, 1.54) is 12.1 Å². The number of hydrogen-bond acceptors (Lipinski definition) is 5. The summed E-state index contributed by atoms with van der Waals surface area (Å²) in [6.45, 7) is 3.73. The summed E-state index contributed by atoms with van der Waals surface area (Å²) < 4.78 is 96.1. The Hall–Kier alpha value is -2.11. The Morgan fingerprint density at radius 2 is 1.87 bits per heavy atom. The number of amides is 1. The number of sulfone groups is 1. The van der Waals surface area contributed by atoms with Gasteiger partial charge in [-0.1, -0.05) is 13.8 Å². The van der Waals surface area contributed by atoms with Crippen LogP contribution in [-0.4, -0.2) is 69.3 Å². The molecule has 0 spiro atoms. The quantitative estimate of drug-likeness (QED) is 0.630. The molecule has 1 aliphatic carbocycles. The lowest BCUT2D eigenvalue weighted by Crippen LogP contribution is -2.67. The van der Waals surface area contributed by atoms with Crippen LogP contribution in [-0.2, 0) is 14.6 Å². The van der Waals surface area contributed by atoms with Gasteiger partial charge in [-0.3, -0.25) is 0 Å². The molecule has 3 unspecified atom stereocenters. The van der Waals surface area contributed by atoms with Gasteiger partial charge in [-0.2, -0.15) is 13.2 Å². The smallest absolute Gasteiger partial charge is 0.405 e. The van der Waals surface area contributed by atoms with Gasteiger partial charge < -0.3 is 14.5 Å². The molecule has 0 radical (unpaired) electrons. The lowest BCUT2D eigenvalue weighted by atomic mass is 9.85. The zero-order chi connectivity index (χ0) is 23.4. The maximum atomic E-state index is 14.2. The summed E-state index contributed by atoms with van der Waals surface area (Å²) >= 11 is 0. The van der Waals surface area contributed by atoms with Gasteiger partial charge in [-0.15, -0.1) is 0 Å². The van der Waals surface area contributed by atoms with E-state index in [9.17, 15) is 35.2 Å². The number of nitrogens with zero attached hydrogens (tertiary/aromatic N) is 2. The van der Waals surface area contributed by atoms with Gasteiger partial charge in [0, 0.05) is 31.6 Å². The van der Waals surface area contributed by atoms with Crippen molar-refractivity contribution < 1.29 is 39.9 Å². The standard InChI is InChI=1S/C19H23F5N2O4S/c1-11(2)14-10-25(12-4-5-13(20)15(8-12)31(3,28)29)6-7-26(14)17(27)30-18(22)9-16(21)19(18,23)24/h4-5,8,11,14,16H,6-7,9-10H2,1-3H3. The highest BCUT2D eigenvalue weighted by atomic mass is 32.2. The van der Waals surface area contributed by atoms with Gasteiger partial charge in [0.2, 0.25) is 0 Å². The molecule has 1 heterocycles. The minimum Gasteiger partial charge on any atom is -0.405 e. The van der Waals surface area contributed by atoms with Crippen molar-refractivity contribution in [2.75, 3.05) is 30.8 Å². The minimum absolute atomic E-state index is 0.0476. The number of piperazine rings is 1. The molecule has 2 fully saturated rings. The fourth-order valence-corrected chi connectivity index (χ4v) is 4.48. The molecule has 1 amide bonds. The molecular weight excluding hydrogens is 447 g/mol. The van der Waals surface area contributed by atoms with Gasteiger partial charge in [-0.05, 0) is 24.1 Å². The first kappa shape index (κ1) is 23.6. The second-order valence-corrected chi connectivity index (χ2v) is 10.2. The van der Waals surface area contributed by atoms with Gasteiger partial charge >= 0.3 is 17.9 Å². The van der Waals surface area contributed by atoms with E-state index in [1.807, 2.05) is 0 Å². The number of halogens is 5. The summed E-state index contributed by atoms with van der Waals surface area (Å²) in [7, 11) is -3.81. The average molecular weight is 470 g/mol. The molecule has 1 aromatic carbocycles. The van der Waals surface area contributed by atoms with Crippen LogP contribution in [0.25, 0.3) is 0 Å². The van der Waals surface area contributed by atoms with E-state index >= 15 is 0 Å². The molecule has 0 aromatic heterocycles. The van der Waals surface area contributed by atoms with E-state index in [4.69, 9.17) is 0 Å². The number of carbonyl (C=O) groups excluding carboxylic acids is 1. The fourth-order valence-electron chi connectivity index (χ4n) is 3.72. The summed E-state index contributed by atoms with van der Waals surface area (Å²) in [4.78, 5) is 14.8. The molecule has 3 atom stereocenters. The van der Waals surface area contributed by atoms with Crippen LogP contribution in [0.5, 0.6) is 0 Å². The molecular formula is C19H23F5N2O4S. The zero-order valence-electron chi connectivity index (χ0n) is 17.1. The van der Waals surface area contributed by atoms with Crippen molar-refractivity contribution in [2.45, 2.75) is 49.2 Å². The van der Waals surface area contributed by atoms with Gasteiger partial charge in [0.1, 0.15) is 10.7 Å². The van der Waals surface area contributed by atoms with Crippen molar-refractivity contribution in [3.63, 3.8) is 0 Å². The number of benzene rings is 1. The summed E-state index contributed by atoms with van der Waals surface area (Å²) in [6, 6.07) is 2.99. The number of hydrogen-bond donors (Lipinski definition) is 0. The first-order chi connectivity index (χ1) is 14.2. The van der Waals surface area contributed by atoms with Gasteiger partial charge in [0.05, 0.1) is 12.5 Å². The maximum absolute atomic E-state index is 14.2. The van der Waals surface area contributed by atoms with E-state index in [0.29, 0.717) is 5.69 Å². The second-order valence-electron chi connectivity index (χ2n) is 8.23. The summed E-state index contributed by atoms with van der Waals surface area (Å²) in [6.07, 6.45) is -4.39. The van der Waals surface area contributed by atoms with Gasteiger partial charge in [0.25, 0.3) is 0 Å². The Morgan fingerprint density at radius 3 is 2.39 bits per heavy atom. The van der Waals surface area contributed by atoms with E-state index in [0.717, 1.165) is 17.2 Å². The van der Waals surface area contributed by atoms with Crippen LogP contribution in [0.3, 0.4) is 0 Å². The molecule has 1 aromatic rings. The number of anilines is 1. The Kier molecular flexibility index (Phi) is 5.92. The van der Waals surface area contributed by atoms with Crippen LogP contribution in [0, 0.1) is 11.7 Å². The topological polar surface area (TPSA) is 66.9 Å². The van der Waals surface area contributed by atoms with E-state index in [2.05, 4.69) is 4.74 Å². The second kappa shape index (κ2) is 7.79. The van der Waals surface area contributed by atoms with E-state index in [1.54, 1.807) is 18.7 Å². The summed E-state index contributed by atoms with van der Waals surface area (Å²) in [5, 5.41) is 0. The molecule has 3 rings (SSSR count). The molecule has 12 heteroatoms. The van der Waals surface area contributed by atoms with Crippen molar-refractivity contribution in [1.82, 2.24) is 4.90 Å². The SMILES string of the molecule is CC(C)C1CN(c2ccc(F)c(S(C)(=O)=O)c2)CCN1C(=O)OC1(F)CC(F)C1(F)F. The van der Waals surface area contributed by atoms with Crippen molar-refractivity contribution in [1.29, 1.82) is 0 Å². The Labute approximate surface area is 176 Å². The molecule has 0 bridgehead atoms. The van der Waals surface area contributed by atoms with Crippen molar-refractivity contribution in [3.8, 4) is 0 Å². The number of rotatable bonds is 4.